The summed E-state index contributed by atoms with van der Waals surface area (Å²) in [6, 6.07) is 0. The quantitative estimate of drug-likeness (QED) is 0.784. The van der Waals surface area contributed by atoms with E-state index in [1.54, 1.807) is 0 Å². The van der Waals surface area contributed by atoms with Crippen LogP contribution in [0.2, 0.25) is 0 Å². The highest BCUT2D eigenvalue weighted by Gasteiger charge is 2.38. The first kappa shape index (κ1) is 16.1. The molecule has 5 heteroatoms. The van der Waals surface area contributed by atoms with Crippen LogP contribution in [-0.4, -0.2) is 27.9 Å². The summed E-state index contributed by atoms with van der Waals surface area (Å²) in [7, 11) is 0. The summed E-state index contributed by atoms with van der Waals surface area (Å²) in [6.07, 6.45) is 6.95. The second-order valence-corrected chi connectivity index (χ2v) is 8.10. The molecule has 1 saturated carbocycles. The van der Waals surface area contributed by atoms with Crippen LogP contribution >= 0.6 is 24.0 Å². The molecule has 0 unspecified atom stereocenters. The molecule has 0 bridgehead atoms. The van der Waals surface area contributed by atoms with E-state index in [1.165, 1.54) is 11.5 Å². The van der Waals surface area contributed by atoms with Gasteiger partial charge in [-0.25, -0.2) is 0 Å². The molecule has 2 fully saturated rings. The summed E-state index contributed by atoms with van der Waals surface area (Å²) in [4.78, 5) is 12.8. The van der Waals surface area contributed by atoms with Gasteiger partial charge in [-0.3, -0.25) is 4.79 Å². The highest BCUT2D eigenvalue weighted by Crippen LogP contribution is 2.33. The van der Waals surface area contributed by atoms with Crippen molar-refractivity contribution < 1.29 is 4.79 Å². The van der Waals surface area contributed by atoms with Gasteiger partial charge in [0.15, 0.2) is 0 Å². The number of hydrogen-bond donors (Lipinski definition) is 2. The van der Waals surface area contributed by atoms with Gasteiger partial charge >= 0.3 is 0 Å². The first-order valence-electron chi connectivity index (χ1n) is 7.70. The van der Waals surface area contributed by atoms with Crippen molar-refractivity contribution in [3.8, 4) is 0 Å². The van der Waals surface area contributed by atoms with Gasteiger partial charge in [0.05, 0.1) is 10.5 Å². The van der Waals surface area contributed by atoms with Crippen molar-refractivity contribution in [2.45, 2.75) is 57.4 Å². The minimum Gasteiger partial charge on any atom is -0.391 e. The predicted octanol–water partition coefficient (Wildman–Crippen LogP) is 2.87. The van der Waals surface area contributed by atoms with E-state index >= 15 is 0 Å². The van der Waals surface area contributed by atoms with Gasteiger partial charge in [0.2, 0.25) is 5.91 Å². The Labute approximate surface area is 131 Å². The van der Waals surface area contributed by atoms with Crippen LogP contribution in [0, 0.1) is 11.8 Å². The topological polar surface area (TPSA) is 55.1 Å². The fourth-order valence-corrected chi connectivity index (χ4v) is 4.68. The highest BCUT2D eigenvalue weighted by molar-refractivity contribution is 7.99. The Hall–Kier alpha value is -0.290. The summed E-state index contributed by atoms with van der Waals surface area (Å²) in [5.41, 5.74) is 5.53. The van der Waals surface area contributed by atoms with E-state index in [9.17, 15) is 4.79 Å². The van der Waals surface area contributed by atoms with Gasteiger partial charge in [-0.05, 0) is 61.9 Å². The van der Waals surface area contributed by atoms with Crippen molar-refractivity contribution >= 4 is 34.9 Å². The maximum absolute atomic E-state index is 12.3. The van der Waals surface area contributed by atoms with Crippen LogP contribution in [0.25, 0.3) is 0 Å². The minimum atomic E-state index is -0.414. The molecule has 1 heterocycles. The number of carbonyl (C=O) groups excluding carboxylic acids is 1. The average Bonchev–Trinajstić information content (AvgIpc) is 2.42. The Balaban J connectivity index is 1.90. The van der Waals surface area contributed by atoms with E-state index in [1.807, 2.05) is 11.8 Å². The molecule has 0 atom stereocenters. The fourth-order valence-electron chi connectivity index (χ4n) is 3.22. The third-order valence-corrected chi connectivity index (χ3v) is 6.23. The largest absolute Gasteiger partial charge is 0.391 e. The lowest BCUT2D eigenvalue weighted by molar-refractivity contribution is -0.123. The molecule has 114 valence electrons. The van der Waals surface area contributed by atoms with Crippen molar-refractivity contribution in [1.29, 1.82) is 0 Å². The van der Waals surface area contributed by atoms with E-state index in [4.69, 9.17) is 18.0 Å². The molecular formula is C15H26N2OS2. The molecule has 1 aliphatic carbocycles. The third-order valence-electron chi connectivity index (χ3n) is 4.79. The van der Waals surface area contributed by atoms with Crippen LogP contribution in [0.4, 0.5) is 0 Å². The van der Waals surface area contributed by atoms with Gasteiger partial charge in [0, 0.05) is 6.42 Å². The summed E-state index contributed by atoms with van der Waals surface area (Å²) in [6.45, 7) is 2.25. The average molecular weight is 315 g/mol. The molecule has 3 nitrogen and oxygen atoms in total. The standard InChI is InChI=1S/C15H26N2OS2/c1-11-2-6-15(7-3-11,14(16)19)17-13(18)10-12-4-8-20-9-5-12/h11-12H,2-10H2,1H3,(H2,16,19)(H,17,18). The molecule has 1 amide bonds. The molecule has 1 saturated heterocycles. The van der Waals surface area contributed by atoms with Crippen molar-refractivity contribution in [2.75, 3.05) is 11.5 Å². The molecule has 0 spiro atoms. The Bertz CT molecular complexity index is 359. The second-order valence-electron chi connectivity index (χ2n) is 6.44. The zero-order valence-corrected chi connectivity index (χ0v) is 14.0. The van der Waals surface area contributed by atoms with E-state index in [0.29, 0.717) is 23.2 Å². The predicted molar refractivity (Wildman–Crippen MR) is 90.0 cm³/mol. The Morgan fingerprint density at radius 3 is 2.45 bits per heavy atom. The molecule has 20 heavy (non-hydrogen) atoms. The Morgan fingerprint density at radius 1 is 1.30 bits per heavy atom. The molecule has 0 aromatic rings. The van der Waals surface area contributed by atoms with Crippen LogP contribution < -0.4 is 11.1 Å². The molecule has 2 aliphatic rings. The molecular weight excluding hydrogens is 288 g/mol. The third kappa shape index (κ3) is 4.10. The molecule has 0 aromatic carbocycles. The van der Waals surface area contributed by atoms with Crippen LogP contribution in [0.3, 0.4) is 0 Å². The van der Waals surface area contributed by atoms with Crippen molar-refractivity contribution in [2.24, 2.45) is 17.6 Å². The summed E-state index contributed by atoms with van der Waals surface area (Å²) in [5, 5.41) is 3.19. The zero-order valence-electron chi connectivity index (χ0n) is 12.3. The van der Waals surface area contributed by atoms with E-state index < -0.39 is 5.54 Å². The van der Waals surface area contributed by atoms with Crippen LogP contribution in [0.1, 0.15) is 51.9 Å². The number of thioether (sulfide) groups is 1. The number of rotatable bonds is 4. The van der Waals surface area contributed by atoms with Gasteiger partial charge in [-0.15, -0.1) is 0 Å². The lowest BCUT2D eigenvalue weighted by Gasteiger charge is -2.39. The highest BCUT2D eigenvalue weighted by atomic mass is 32.2. The van der Waals surface area contributed by atoms with Crippen molar-refractivity contribution in [3.05, 3.63) is 0 Å². The smallest absolute Gasteiger partial charge is 0.221 e. The van der Waals surface area contributed by atoms with Crippen molar-refractivity contribution in [3.63, 3.8) is 0 Å². The molecule has 1 aliphatic heterocycles. The lowest BCUT2D eigenvalue weighted by atomic mass is 9.77. The van der Waals surface area contributed by atoms with Gasteiger partial charge in [-0.2, -0.15) is 11.8 Å². The summed E-state index contributed by atoms with van der Waals surface area (Å²) in [5.74, 6) is 3.78. The molecule has 3 N–H and O–H groups in total. The Morgan fingerprint density at radius 2 is 1.90 bits per heavy atom. The summed E-state index contributed by atoms with van der Waals surface area (Å²) < 4.78 is 0. The van der Waals surface area contributed by atoms with Crippen LogP contribution in [-0.2, 0) is 4.79 Å². The normalized spacial score (nSPS) is 31.8. The zero-order chi connectivity index (χ0) is 14.6. The number of nitrogens with two attached hydrogens (primary N) is 1. The lowest BCUT2D eigenvalue weighted by Crippen LogP contribution is -2.58. The van der Waals surface area contributed by atoms with E-state index in [2.05, 4.69) is 12.2 Å². The number of amides is 1. The van der Waals surface area contributed by atoms with Crippen LogP contribution in [0.15, 0.2) is 0 Å². The number of hydrogen-bond acceptors (Lipinski definition) is 3. The Kier molecular flexibility index (Phi) is 5.73. The van der Waals surface area contributed by atoms with Crippen LogP contribution in [0.5, 0.6) is 0 Å². The van der Waals surface area contributed by atoms with Gasteiger partial charge < -0.3 is 11.1 Å². The molecule has 0 radical (unpaired) electrons. The van der Waals surface area contributed by atoms with Gasteiger partial charge in [0.25, 0.3) is 0 Å². The molecule has 2 rings (SSSR count). The maximum Gasteiger partial charge on any atom is 0.221 e. The minimum absolute atomic E-state index is 0.143. The molecule has 0 aromatic heterocycles. The second kappa shape index (κ2) is 7.12. The monoisotopic (exact) mass is 314 g/mol. The van der Waals surface area contributed by atoms with Crippen molar-refractivity contribution in [1.82, 2.24) is 5.32 Å². The number of carbonyl (C=O) groups is 1. The first-order valence-corrected chi connectivity index (χ1v) is 9.27. The summed E-state index contributed by atoms with van der Waals surface area (Å²) >= 11 is 7.24. The van der Waals surface area contributed by atoms with E-state index in [0.717, 1.165) is 38.5 Å². The van der Waals surface area contributed by atoms with E-state index in [-0.39, 0.29) is 5.91 Å². The maximum atomic E-state index is 12.3. The van der Waals surface area contributed by atoms with Gasteiger partial charge in [0.1, 0.15) is 0 Å². The number of thiocarbonyl (C=S) groups is 1. The fraction of sp³-hybridized carbons (Fsp3) is 0.867. The first-order chi connectivity index (χ1) is 9.52. The van der Waals surface area contributed by atoms with Gasteiger partial charge in [-0.1, -0.05) is 19.1 Å². The SMILES string of the molecule is CC1CCC(NC(=O)CC2CCSCC2)(C(N)=S)CC1. The number of nitrogens with one attached hydrogen (secondary N) is 1.